The first kappa shape index (κ1) is 13.8. The minimum absolute atomic E-state index is 0.269. The number of aromatic nitrogens is 1. The van der Waals surface area contributed by atoms with Gasteiger partial charge in [0.2, 0.25) is 0 Å². The molecule has 1 rings (SSSR count). The van der Waals surface area contributed by atoms with Gasteiger partial charge in [0.1, 0.15) is 5.56 Å². The summed E-state index contributed by atoms with van der Waals surface area (Å²) >= 11 is 0. The molecule has 8 nitrogen and oxygen atoms in total. The highest BCUT2D eigenvalue weighted by Gasteiger charge is 2.18. The minimum atomic E-state index is -0.749. The van der Waals surface area contributed by atoms with E-state index in [1.807, 2.05) is 0 Å². The summed E-state index contributed by atoms with van der Waals surface area (Å²) in [6.45, 7) is 1.48. The molecule has 0 aliphatic carbocycles. The Bertz CT molecular complexity index is 506. The number of aromatic amines is 1. The molecule has 18 heavy (non-hydrogen) atoms. The number of hydrogen-bond acceptors (Lipinski definition) is 5. The predicted octanol–water partition coefficient (Wildman–Crippen LogP) is -0.216. The zero-order valence-electron chi connectivity index (χ0n) is 9.67. The van der Waals surface area contributed by atoms with E-state index in [1.165, 1.54) is 0 Å². The second-order valence-electron chi connectivity index (χ2n) is 3.62. The highest BCUT2D eigenvalue weighted by atomic mass is 16.6. The van der Waals surface area contributed by atoms with Crippen molar-refractivity contribution < 1.29 is 14.8 Å². The quantitative estimate of drug-likeness (QED) is 0.495. The third-order valence-electron chi connectivity index (χ3n) is 2.39. The Morgan fingerprint density at radius 2 is 2.33 bits per heavy atom. The van der Waals surface area contributed by atoms with Gasteiger partial charge in [-0.1, -0.05) is 6.92 Å². The molecule has 1 amide bonds. The van der Waals surface area contributed by atoms with E-state index in [-0.39, 0.29) is 17.9 Å². The molecule has 1 atom stereocenters. The van der Waals surface area contributed by atoms with Gasteiger partial charge in [-0.15, -0.1) is 0 Å². The van der Waals surface area contributed by atoms with Crippen molar-refractivity contribution in [1.82, 2.24) is 10.3 Å². The molecule has 8 heteroatoms. The van der Waals surface area contributed by atoms with Gasteiger partial charge in [-0.2, -0.15) is 0 Å². The van der Waals surface area contributed by atoms with Crippen molar-refractivity contribution in [2.45, 2.75) is 19.4 Å². The lowest BCUT2D eigenvalue weighted by Gasteiger charge is -2.13. The van der Waals surface area contributed by atoms with Crippen molar-refractivity contribution in [2.24, 2.45) is 0 Å². The van der Waals surface area contributed by atoms with Crippen LogP contribution in [0.2, 0.25) is 0 Å². The van der Waals surface area contributed by atoms with Crippen LogP contribution in [0, 0.1) is 10.1 Å². The number of carbonyl (C=O) groups is 1. The summed E-state index contributed by atoms with van der Waals surface area (Å²) in [4.78, 5) is 35.0. The van der Waals surface area contributed by atoms with Gasteiger partial charge < -0.3 is 15.4 Å². The summed E-state index contributed by atoms with van der Waals surface area (Å²) in [6.07, 6.45) is 1.40. The zero-order chi connectivity index (χ0) is 13.7. The molecule has 0 aliphatic heterocycles. The first-order chi connectivity index (χ1) is 8.49. The lowest BCUT2D eigenvalue weighted by Crippen LogP contribution is -2.39. The molecule has 0 saturated heterocycles. The SMILES string of the molecule is CC[C@H](CO)NC(=O)c1cc([N+](=O)[O-])c[nH]c1=O. The maximum atomic E-state index is 11.7. The third kappa shape index (κ3) is 3.14. The number of nitrogens with one attached hydrogen (secondary N) is 2. The highest BCUT2D eigenvalue weighted by molar-refractivity contribution is 5.94. The number of aliphatic hydroxyl groups excluding tert-OH is 1. The third-order valence-corrected chi connectivity index (χ3v) is 2.39. The van der Waals surface area contributed by atoms with Gasteiger partial charge >= 0.3 is 0 Å². The average Bonchev–Trinajstić information content (AvgIpc) is 2.35. The fourth-order valence-corrected chi connectivity index (χ4v) is 1.29. The number of hydrogen-bond donors (Lipinski definition) is 3. The molecule has 0 spiro atoms. The molecule has 0 bridgehead atoms. The van der Waals surface area contributed by atoms with Crippen LogP contribution >= 0.6 is 0 Å². The molecular weight excluding hydrogens is 242 g/mol. The molecule has 1 aromatic heterocycles. The number of nitro groups is 1. The van der Waals surface area contributed by atoms with E-state index in [9.17, 15) is 19.7 Å². The van der Waals surface area contributed by atoms with Gasteiger partial charge in [0.25, 0.3) is 17.2 Å². The van der Waals surface area contributed by atoms with Crippen molar-refractivity contribution in [3.63, 3.8) is 0 Å². The van der Waals surface area contributed by atoms with Crippen molar-refractivity contribution >= 4 is 11.6 Å². The molecule has 0 aromatic carbocycles. The first-order valence-corrected chi connectivity index (χ1v) is 5.28. The number of carbonyl (C=O) groups excluding carboxylic acids is 1. The van der Waals surface area contributed by atoms with Crippen molar-refractivity contribution in [3.05, 3.63) is 38.3 Å². The molecule has 3 N–H and O–H groups in total. The van der Waals surface area contributed by atoms with E-state index in [0.29, 0.717) is 6.42 Å². The fraction of sp³-hybridized carbons (Fsp3) is 0.400. The van der Waals surface area contributed by atoms with Gasteiger partial charge in [-0.3, -0.25) is 19.7 Å². The number of nitrogens with zero attached hydrogens (tertiary/aromatic N) is 1. The van der Waals surface area contributed by atoms with Crippen LogP contribution in [-0.4, -0.2) is 33.6 Å². The molecule has 0 aliphatic rings. The van der Waals surface area contributed by atoms with E-state index in [0.717, 1.165) is 12.3 Å². The second kappa shape index (κ2) is 5.92. The van der Waals surface area contributed by atoms with Crippen LogP contribution in [0.3, 0.4) is 0 Å². The molecule has 1 heterocycles. The summed E-state index contributed by atoms with van der Waals surface area (Å²) in [5, 5.41) is 21.9. The van der Waals surface area contributed by atoms with Crippen LogP contribution < -0.4 is 10.9 Å². The Morgan fingerprint density at radius 3 is 2.83 bits per heavy atom. The predicted molar refractivity (Wildman–Crippen MR) is 62.3 cm³/mol. The fourth-order valence-electron chi connectivity index (χ4n) is 1.29. The second-order valence-corrected chi connectivity index (χ2v) is 3.62. The summed E-state index contributed by atoms with van der Waals surface area (Å²) in [5.41, 5.74) is -1.45. The summed E-state index contributed by atoms with van der Waals surface area (Å²) in [5.74, 6) is -0.749. The van der Waals surface area contributed by atoms with E-state index in [4.69, 9.17) is 5.11 Å². The summed E-state index contributed by atoms with van der Waals surface area (Å²) in [7, 11) is 0. The van der Waals surface area contributed by atoms with Gasteiger partial charge in [-0.25, -0.2) is 0 Å². The standard InChI is InChI=1S/C10H13N3O5/c1-2-6(5-14)12-10(16)8-3-7(13(17)18)4-11-9(8)15/h3-4,6,14H,2,5H2,1H3,(H,11,15)(H,12,16)/t6-/m1/s1. The maximum Gasteiger partial charge on any atom is 0.286 e. The molecule has 0 radical (unpaired) electrons. The van der Waals surface area contributed by atoms with E-state index in [2.05, 4.69) is 10.3 Å². The zero-order valence-corrected chi connectivity index (χ0v) is 9.67. The topological polar surface area (TPSA) is 125 Å². The van der Waals surface area contributed by atoms with Crippen molar-refractivity contribution in [1.29, 1.82) is 0 Å². The normalized spacial score (nSPS) is 11.9. The van der Waals surface area contributed by atoms with E-state index in [1.54, 1.807) is 6.92 Å². The summed E-state index contributed by atoms with van der Waals surface area (Å²) < 4.78 is 0. The van der Waals surface area contributed by atoms with E-state index >= 15 is 0 Å². The van der Waals surface area contributed by atoms with E-state index < -0.39 is 22.4 Å². The Labute approximate surface area is 102 Å². The number of aliphatic hydroxyl groups is 1. The van der Waals surface area contributed by atoms with Gasteiger partial charge in [-0.05, 0) is 6.42 Å². The Hall–Kier alpha value is -2.22. The lowest BCUT2D eigenvalue weighted by atomic mass is 10.2. The number of pyridine rings is 1. The summed E-state index contributed by atoms with van der Waals surface area (Å²) in [6, 6.07) is 0.411. The van der Waals surface area contributed by atoms with Crippen LogP contribution in [0.5, 0.6) is 0 Å². The largest absolute Gasteiger partial charge is 0.394 e. The monoisotopic (exact) mass is 255 g/mol. The van der Waals surface area contributed by atoms with Crippen molar-refractivity contribution in [2.75, 3.05) is 6.61 Å². The Kier molecular flexibility index (Phi) is 4.55. The average molecular weight is 255 g/mol. The Balaban J connectivity index is 3.01. The van der Waals surface area contributed by atoms with Gasteiger partial charge in [0.05, 0.1) is 23.8 Å². The number of amides is 1. The molecule has 1 aromatic rings. The van der Waals surface area contributed by atoms with Crippen LogP contribution in [0.4, 0.5) is 5.69 Å². The van der Waals surface area contributed by atoms with Crippen LogP contribution in [0.1, 0.15) is 23.7 Å². The van der Waals surface area contributed by atoms with Crippen molar-refractivity contribution in [3.8, 4) is 0 Å². The number of H-pyrrole nitrogens is 1. The lowest BCUT2D eigenvalue weighted by molar-refractivity contribution is -0.385. The smallest absolute Gasteiger partial charge is 0.286 e. The molecule has 0 unspecified atom stereocenters. The van der Waals surface area contributed by atoms with Gasteiger partial charge in [0.15, 0.2) is 0 Å². The molecule has 98 valence electrons. The number of rotatable bonds is 5. The Morgan fingerprint density at radius 1 is 1.67 bits per heavy atom. The molecular formula is C10H13N3O5. The van der Waals surface area contributed by atoms with Gasteiger partial charge in [0, 0.05) is 6.07 Å². The first-order valence-electron chi connectivity index (χ1n) is 5.28. The maximum absolute atomic E-state index is 11.7. The molecule has 0 saturated carbocycles. The van der Waals surface area contributed by atoms with Crippen LogP contribution in [-0.2, 0) is 0 Å². The molecule has 0 fully saturated rings. The highest BCUT2D eigenvalue weighted by Crippen LogP contribution is 2.08. The van der Waals surface area contributed by atoms with Crippen LogP contribution in [0.15, 0.2) is 17.1 Å². The van der Waals surface area contributed by atoms with Crippen LogP contribution in [0.25, 0.3) is 0 Å². The minimum Gasteiger partial charge on any atom is -0.394 e.